The molecule has 1 aliphatic heterocycles. The first-order chi connectivity index (χ1) is 17.9. The summed E-state index contributed by atoms with van der Waals surface area (Å²) in [6, 6.07) is 29.5. The van der Waals surface area contributed by atoms with Crippen molar-refractivity contribution in [3.05, 3.63) is 120 Å². The molecule has 1 N–H and O–H groups in total. The van der Waals surface area contributed by atoms with Gasteiger partial charge in [0, 0.05) is 11.3 Å². The van der Waals surface area contributed by atoms with Crippen LogP contribution >= 0.6 is 0 Å². The normalized spacial score (nSPS) is 13.2. The van der Waals surface area contributed by atoms with Crippen molar-refractivity contribution in [2.75, 3.05) is 10.2 Å². The average Bonchev–Trinajstić information content (AvgIpc) is 3.19. The molecule has 0 saturated carbocycles. The van der Waals surface area contributed by atoms with Crippen molar-refractivity contribution in [1.29, 1.82) is 0 Å². The lowest BCUT2D eigenvalue weighted by Crippen LogP contribution is -2.30. The van der Waals surface area contributed by atoms with Gasteiger partial charge in [0.25, 0.3) is 17.7 Å². The van der Waals surface area contributed by atoms with E-state index in [-0.39, 0.29) is 5.56 Å². The maximum absolute atomic E-state index is 12.8. The number of fused-ring (bicyclic) bond motifs is 1. The van der Waals surface area contributed by atoms with Crippen LogP contribution in [-0.2, 0) is 9.53 Å². The number of nitrogens with one attached hydrogen (secondary N) is 1. The predicted molar refractivity (Wildman–Crippen MR) is 139 cm³/mol. The summed E-state index contributed by atoms with van der Waals surface area (Å²) >= 11 is 0. The highest BCUT2D eigenvalue weighted by Crippen LogP contribution is 2.29. The Balaban J connectivity index is 1.25. The van der Waals surface area contributed by atoms with Gasteiger partial charge in [-0.3, -0.25) is 14.4 Å². The van der Waals surface area contributed by atoms with Crippen LogP contribution in [0.25, 0.3) is 11.1 Å². The third kappa shape index (κ3) is 4.62. The van der Waals surface area contributed by atoms with Gasteiger partial charge in [-0.05, 0) is 55.0 Å². The number of imide groups is 1. The van der Waals surface area contributed by atoms with Gasteiger partial charge in [-0.15, -0.1) is 0 Å². The van der Waals surface area contributed by atoms with Crippen LogP contribution in [0.2, 0.25) is 0 Å². The molecule has 7 nitrogen and oxygen atoms in total. The van der Waals surface area contributed by atoms with E-state index in [0.29, 0.717) is 22.5 Å². The van der Waals surface area contributed by atoms with Crippen molar-refractivity contribution in [1.82, 2.24) is 0 Å². The molecule has 0 spiro atoms. The number of benzene rings is 4. The highest BCUT2D eigenvalue weighted by atomic mass is 16.5. The summed E-state index contributed by atoms with van der Waals surface area (Å²) in [6.07, 6.45) is -1.06. The van der Waals surface area contributed by atoms with Crippen molar-refractivity contribution >= 4 is 35.1 Å². The molecule has 37 heavy (non-hydrogen) atoms. The summed E-state index contributed by atoms with van der Waals surface area (Å²) in [7, 11) is 0. The van der Waals surface area contributed by atoms with E-state index in [1.807, 2.05) is 48.5 Å². The molecule has 7 heteroatoms. The first-order valence-corrected chi connectivity index (χ1v) is 11.7. The average molecular weight is 491 g/mol. The summed E-state index contributed by atoms with van der Waals surface area (Å²) < 4.78 is 5.38. The number of para-hydroxylation sites is 1. The monoisotopic (exact) mass is 490 g/mol. The maximum Gasteiger partial charge on any atom is 0.338 e. The molecule has 0 aromatic heterocycles. The van der Waals surface area contributed by atoms with E-state index in [0.717, 1.165) is 16.0 Å². The fourth-order valence-electron chi connectivity index (χ4n) is 4.15. The van der Waals surface area contributed by atoms with Gasteiger partial charge in [-0.1, -0.05) is 60.7 Å². The van der Waals surface area contributed by atoms with Crippen molar-refractivity contribution in [2.45, 2.75) is 13.0 Å². The summed E-state index contributed by atoms with van der Waals surface area (Å²) in [4.78, 5) is 51.9. The minimum atomic E-state index is -1.06. The Morgan fingerprint density at radius 3 is 1.86 bits per heavy atom. The van der Waals surface area contributed by atoms with Gasteiger partial charge in [0.1, 0.15) is 0 Å². The highest BCUT2D eigenvalue weighted by Gasteiger charge is 2.36. The second-order valence-corrected chi connectivity index (χ2v) is 8.49. The third-order valence-corrected chi connectivity index (χ3v) is 6.08. The summed E-state index contributed by atoms with van der Waals surface area (Å²) in [5.41, 5.74) is 3.59. The number of hydrogen-bond donors (Lipinski definition) is 1. The molecule has 1 heterocycles. The van der Waals surface area contributed by atoms with Crippen LogP contribution < -0.4 is 10.2 Å². The SMILES string of the molecule is CC(OC(=O)c1ccc(N2C(=O)c3ccccc3C2=O)cc1)C(=O)Nc1ccccc1-c1ccccc1. The Morgan fingerprint density at radius 1 is 0.703 bits per heavy atom. The molecule has 1 aliphatic rings. The molecule has 182 valence electrons. The molecule has 0 fully saturated rings. The molecule has 1 unspecified atom stereocenters. The quantitative estimate of drug-likeness (QED) is 0.291. The van der Waals surface area contributed by atoms with Crippen LogP contribution in [0.1, 0.15) is 38.0 Å². The van der Waals surface area contributed by atoms with Crippen LogP contribution in [-0.4, -0.2) is 29.8 Å². The molecule has 0 bridgehead atoms. The summed E-state index contributed by atoms with van der Waals surface area (Å²) in [6.45, 7) is 1.49. The minimum Gasteiger partial charge on any atom is -0.449 e. The van der Waals surface area contributed by atoms with E-state index >= 15 is 0 Å². The summed E-state index contributed by atoms with van der Waals surface area (Å²) in [5, 5.41) is 2.83. The number of nitrogens with zero attached hydrogens (tertiary/aromatic N) is 1. The molecule has 3 amide bonds. The lowest BCUT2D eigenvalue weighted by atomic mass is 10.0. The van der Waals surface area contributed by atoms with Crippen molar-refractivity contribution in [3.63, 3.8) is 0 Å². The van der Waals surface area contributed by atoms with Gasteiger partial charge < -0.3 is 10.1 Å². The van der Waals surface area contributed by atoms with Gasteiger partial charge >= 0.3 is 5.97 Å². The Morgan fingerprint density at radius 2 is 1.24 bits per heavy atom. The fourth-order valence-corrected chi connectivity index (χ4v) is 4.15. The molecular weight excluding hydrogens is 468 g/mol. The van der Waals surface area contributed by atoms with E-state index < -0.39 is 29.8 Å². The van der Waals surface area contributed by atoms with Gasteiger partial charge in [0.05, 0.1) is 22.4 Å². The zero-order valence-electron chi connectivity index (χ0n) is 19.9. The Bertz CT molecular complexity index is 1480. The molecule has 1 atom stereocenters. The number of amides is 3. The molecule has 4 aromatic rings. The lowest BCUT2D eigenvalue weighted by molar-refractivity contribution is -0.123. The fraction of sp³-hybridized carbons (Fsp3) is 0.0667. The zero-order valence-corrected chi connectivity index (χ0v) is 19.9. The molecule has 0 saturated heterocycles. The highest BCUT2D eigenvalue weighted by molar-refractivity contribution is 6.34. The third-order valence-electron chi connectivity index (χ3n) is 6.08. The van der Waals surface area contributed by atoms with Gasteiger partial charge in [0.2, 0.25) is 0 Å². The van der Waals surface area contributed by atoms with Crippen molar-refractivity contribution in [2.24, 2.45) is 0 Å². The number of esters is 1. The maximum atomic E-state index is 12.8. The van der Waals surface area contributed by atoms with Crippen molar-refractivity contribution < 1.29 is 23.9 Å². The van der Waals surface area contributed by atoms with E-state index in [2.05, 4.69) is 5.32 Å². The summed E-state index contributed by atoms with van der Waals surface area (Å²) in [5.74, 6) is -2.01. The number of carbonyl (C=O) groups is 4. The number of rotatable bonds is 6. The number of anilines is 2. The molecule has 0 aliphatic carbocycles. The second kappa shape index (κ2) is 9.91. The van der Waals surface area contributed by atoms with Gasteiger partial charge in [-0.2, -0.15) is 0 Å². The van der Waals surface area contributed by atoms with Crippen LogP contribution in [0.4, 0.5) is 11.4 Å². The van der Waals surface area contributed by atoms with E-state index in [9.17, 15) is 19.2 Å². The van der Waals surface area contributed by atoms with Gasteiger partial charge in [-0.25, -0.2) is 9.69 Å². The largest absolute Gasteiger partial charge is 0.449 e. The Kier molecular flexibility index (Phi) is 6.34. The number of hydrogen-bond acceptors (Lipinski definition) is 5. The van der Waals surface area contributed by atoms with Crippen LogP contribution in [0.3, 0.4) is 0 Å². The van der Waals surface area contributed by atoms with Crippen molar-refractivity contribution in [3.8, 4) is 11.1 Å². The van der Waals surface area contributed by atoms with Crippen LogP contribution in [0, 0.1) is 0 Å². The van der Waals surface area contributed by atoms with E-state index in [1.165, 1.54) is 31.2 Å². The Hall–Kier alpha value is -5.04. The van der Waals surface area contributed by atoms with Crippen LogP contribution in [0.15, 0.2) is 103 Å². The lowest BCUT2D eigenvalue weighted by Gasteiger charge is -2.17. The number of carbonyl (C=O) groups excluding carboxylic acids is 4. The zero-order chi connectivity index (χ0) is 25.9. The predicted octanol–water partition coefficient (Wildman–Crippen LogP) is 5.34. The van der Waals surface area contributed by atoms with Gasteiger partial charge in [0.15, 0.2) is 6.10 Å². The smallest absolute Gasteiger partial charge is 0.338 e. The standard InChI is InChI=1S/C30H22N2O5/c1-19(27(33)31-26-14-8-7-11-23(26)20-9-3-2-4-10-20)37-30(36)21-15-17-22(18-16-21)32-28(34)24-12-5-6-13-25(24)29(32)35/h2-19H,1H3,(H,31,33). The van der Waals surface area contributed by atoms with E-state index in [1.54, 1.807) is 30.3 Å². The first-order valence-electron chi connectivity index (χ1n) is 11.7. The molecule has 0 radical (unpaired) electrons. The van der Waals surface area contributed by atoms with E-state index in [4.69, 9.17) is 4.74 Å². The first kappa shape index (κ1) is 23.7. The Labute approximate surface area is 213 Å². The minimum absolute atomic E-state index is 0.185. The van der Waals surface area contributed by atoms with Crippen LogP contribution in [0.5, 0.6) is 0 Å². The number of ether oxygens (including phenoxy) is 1. The second-order valence-electron chi connectivity index (χ2n) is 8.49. The topological polar surface area (TPSA) is 92.8 Å². The molecular formula is C30H22N2O5. The molecule has 4 aromatic carbocycles. The molecule has 5 rings (SSSR count).